The van der Waals surface area contributed by atoms with Gasteiger partial charge in [0.2, 0.25) is 0 Å². The first-order chi connectivity index (χ1) is 6.84. The first-order valence-corrected chi connectivity index (χ1v) is 4.92. The number of benzene rings is 1. The van der Waals surface area contributed by atoms with Crippen molar-refractivity contribution in [2.75, 3.05) is 18.5 Å². The molecule has 2 atom stereocenters. The van der Waals surface area contributed by atoms with Crippen LogP contribution in [0.4, 0.5) is 5.69 Å². The van der Waals surface area contributed by atoms with Gasteiger partial charge < -0.3 is 15.2 Å². The maximum atomic E-state index is 9.39. The number of aliphatic hydroxyl groups is 1. The van der Waals surface area contributed by atoms with E-state index in [0.29, 0.717) is 13.2 Å². The van der Waals surface area contributed by atoms with Gasteiger partial charge in [0.25, 0.3) is 0 Å². The van der Waals surface area contributed by atoms with Crippen molar-refractivity contribution in [3.63, 3.8) is 0 Å². The maximum absolute atomic E-state index is 9.39. The quantitative estimate of drug-likeness (QED) is 0.742. The van der Waals surface area contributed by atoms with Gasteiger partial charge in [-0.15, -0.1) is 0 Å². The van der Waals surface area contributed by atoms with Crippen LogP contribution in [0.1, 0.15) is 6.42 Å². The largest absolute Gasteiger partial charge is 0.391 e. The Hall–Kier alpha value is -1.06. The fraction of sp³-hybridized carbons (Fsp3) is 0.455. The van der Waals surface area contributed by atoms with Crippen LogP contribution in [0.2, 0.25) is 0 Å². The number of rotatable bonds is 2. The molecule has 76 valence electrons. The molecule has 1 aromatic carbocycles. The van der Waals surface area contributed by atoms with E-state index in [4.69, 9.17) is 4.74 Å². The van der Waals surface area contributed by atoms with Crippen molar-refractivity contribution in [3.8, 4) is 0 Å². The van der Waals surface area contributed by atoms with Gasteiger partial charge in [-0.3, -0.25) is 0 Å². The number of para-hydroxylation sites is 1. The lowest BCUT2D eigenvalue weighted by Gasteiger charge is -2.27. The molecular formula is C11H15NO2. The zero-order valence-corrected chi connectivity index (χ0v) is 8.02. The average Bonchev–Trinajstić information content (AvgIpc) is 2.19. The monoisotopic (exact) mass is 193 g/mol. The van der Waals surface area contributed by atoms with Gasteiger partial charge in [0.1, 0.15) is 0 Å². The van der Waals surface area contributed by atoms with Gasteiger partial charge in [-0.25, -0.2) is 0 Å². The third kappa shape index (κ3) is 2.47. The summed E-state index contributed by atoms with van der Waals surface area (Å²) in [5, 5.41) is 12.7. The van der Waals surface area contributed by atoms with Gasteiger partial charge >= 0.3 is 0 Å². The standard InChI is InChI=1S/C11H15NO2/c13-11-6-10(7-14-8-11)12-9-4-2-1-3-5-9/h1-5,10-13H,6-8H2/t10-,11+/m1/s1. The summed E-state index contributed by atoms with van der Waals surface area (Å²) in [6.45, 7) is 1.14. The molecule has 0 unspecified atom stereocenters. The van der Waals surface area contributed by atoms with E-state index < -0.39 is 0 Å². The summed E-state index contributed by atoms with van der Waals surface area (Å²) in [5.41, 5.74) is 1.08. The van der Waals surface area contributed by atoms with Gasteiger partial charge in [-0.2, -0.15) is 0 Å². The predicted molar refractivity (Wildman–Crippen MR) is 55.3 cm³/mol. The molecule has 0 amide bonds. The average molecular weight is 193 g/mol. The highest BCUT2D eigenvalue weighted by Gasteiger charge is 2.20. The van der Waals surface area contributed by atoms with Crippen molar-refractivity contribution in [2.24, 2.45) is 0 Å². The SMILES string of the molecule is O[C@@H]1COC[C@H](Nc2ccccc2)C1. The molecule has 0 spiro atoms. The maximum Gasteiger partial charge on any atom is 0.0794 e. The molecule has 14 heavy (non-hydrogen) atoms. The van der Waals surface area contributed by atoms with Crippen molar-refractivity contribution in [3.05, 3.63) is 30.3 Å². The number of anilines is 1. The number of aliphatic hydroxyl groups excluding tert-OH is 1. The lowest BCUT2D eigenvalue weighted by molar-refractivity contribution is -0.0117. The minimum absolute atomic E-state index is 0.223. The van der Waals surface area contributed by atoms with Gasteiger partial charge in [0.15, 0.2) is 0 Å². The fourth-order valence-corrected chi connectivity index (χ4v) is 1.68. The molecular weight excluding hydrogens is 178 g/mol. The Morgan fingerprint density at radius 1 is 1.21 bits per heavy atom. The van der Waals surface area contributed by atoms with Gasteiger partial charge in [-0.1, -0.05) is 18.2 Å². The molecule has 0 bridgehead atoms. The van der Waals surface area contributed by atoms with E-state index in [2.05, 4.69) is 5.32 Å². The minimum atomic E-state index is -0.329. The lowest BCUT2D eigenvalue weighted by atomic mass is 10.1. The van der Waals surface area contributed by atoms with Gasteiger partial charge in [0.05, 0.1) is 25.4 Å². The Kier molecular flexibility index (Phi) is 3.01. The second-order valence-electron chi connectivity index (χ2n) is 3.63. The van der Waals surface area contributed by atoms with Crippen LogP contribution in [0, 0.1) is 0 Å². The van der Waals surface area contributed by atoms with Crippen molar-refractivity contribution in [1.29, 1.82) is 0 Å². The van der Waals surface area contributed by atoms with E-state index >= 15 is 0 Å². The summed E-state index contributed by atoms with van der Waals surface area (Å²) in [7, 11) is 0. The Morgan fingerprint density at radius 3 is 2.71 bits per heavy atom. The van der Waals surface area contributed by atoms with Gasteiger partial charge in [-0.05, 0) is 18.6 Å². The fourth-order valence-electron chi connectivity index (χ4n) is 1.68. The first-order valence-electron chi connectivity index (χ1n) is 4.92. The molecule has 1 heterocycles. The molecule has 3 heteroatoms. The molecule has 1 aromatic rings. The highest BCUT2D eigenvalue weighted by Crippen LogP contribution is 2.13. The molecule has 0 aliphatic carbocycles. The number of hydrogen-bond donors (Lipinski definition) is 2. The van der Waals surface area contributed by atoms with Crippen LogP contribution in [-0.2, 0) is 4.74 Å². The van der Waals surface area contributed by atoms with E-state index in [1.165, 1.54) is 0 Å². The number of hydrogen-bond acceptors (Lipinski definition) is 3. The first kappa shape index (κ1) is 9.49. The normalized spacial score (nSPS) is 27.2. The summed E-state index contributed by atoms with van der Waals surface area (Å²) < 4.78 is 5.25. The van der Waals surface area contributed by atoms with Crippen LogP contribution < -0.4 is 5.32 Å². The van der Waals surface area contributed by atoms with Crippen LogP contribution in [0.25, 0.3) is 0 Å². The van der Waals surface area contributed by atoms with Crippen LogP contribution in [0.15, 0.2) is 30.3 Å². The molecule has 1 aliphatic heterocycles. The third-order valence-corrected chi connectivity index (χ3v) is 2.33. The molecule has 0 aromatic heterocycles. The van der Waals surface area contributed by atoms with E-state index in [-0.39, 0.29) is 12.1 Å². The summed E-state index contributed by atoms with van der Waals surface area (Å²) in [6, 6.07) is 10.2. The summed E-state index contributed by atoms with van der Waals surface area (Å²) in [4.78, 5) is 0. The highest BCUT2D eigenvalue weighted by molar-refractivity contribution is 5.43. The van der Waals surface area contributed by atoms with Gasteiger partial charge in [0, 0.05) is 5.69 Å². The Morgan fingerprint density at radius 2 is 2.00 bits per heavy atom. The Labute approximate surface area is 83.7 Å². The minimum Gasteiger partial charge on any atom is -0.391 e. The van der Waals surface area contributed by atoms with Crippen molar-refractivity contribution in [2.45, 2.75) is 18.6 Å². The van der Waals surface area contributed by atoms with Crippen molar-refractivity contribution in [1.82, 2.24) is 0 Å². The van der Waals surface area contributed by atoms with Crippen LogP contribution in [-0.4, -0.2) is 30.5 Å². The lowest BCUT2D eigenvalue weighted by Crippen LogP contribution is -2.37. The zero-order chi connectivity index (χ0) is 9.80. The molecule has 3 nitrogen and oxygen atoms in total. The molecule has 1 aliphatic rings. The summed E-state index contributed by atoms with van der Waals surface area (Å²) >= 11 is 0. The number of ether oxygens (including phenoxy) is 1. The van der Waals surface area contributed by atoms with E-state index in [1.807, 2.05) is 30.3 Å². The molecule has 2 N–H and O–H groups in total. The van der Waals surface area contributed by atoms with Crippen LogP contribution >= 0.6 is 0 Å². The second kappa shape index (κ2) is 4.44. The van der Waals surface area contributed by atoms with Crippen molar-refractivity contribution < 1.29 is 9.84 Å². The predicted octanol–water partition coefficient (Wildman–Crippen LogP) is 1.25. The summed E-state index contributed by atoms with van der Waals surface area (Å²) in [5.74, 6) is 0. The van der Waals surface area contributed by atoms with Crippen LogP contribution in [0.3, 0.4) is 0 Å². The number of nitrogens with one attached hydrogen (secondary N) is 1. The van der Waals surface area contributed by atoms with E-state index in [1.54, 1.807) is 0 Å². The molecule has 1 saturated heterocycles. The van der Waals surface area contributed by atoms with Crippen LogP contribution in [0.5, 0.6) is 0 Å². The molecule has 1 fully saturated rings. The molecule has 0 radical (unpaired) electrons. The Balaban J connectivity index is 1.91. The Bertz CT molecular complexity index is 276. The zero-order valence-electron chi connectivity index (χ0n) is 8.02. The van der Waals surface area contributed by atoms with E-state index in [0.717, 1.165) is 12.1 Å². The van der Waals surface area contributed by atoms with E-state index in [9.17, 15) is 5.11 Å². The molecule has 2 rings (SSSR count). The third-order valence-electron chi connectivity index (χ3n) is 2.33. The molecule has 0 saturated carbocycles. The second-order valence-corrected chi connectivity index (χ2v) is 3.63. The topological polar surface area (TPSA) is 41.5 Å². The summed E-state index contributed by atoms with van der Waals surface area (Å²) in [6.07, 6.45) is 0.430. The van der Waals surface area contributed by atoms with Crippen molar-refractivity contribution >= 4 is 5.69 Å². The smallest absolute Gasteiger partial charge is 0.0794 e. The highest BCUT2D eigenvalue weighted by atomic mass is 16.5.